The Kier molecular flexibility index (Phi) is 9.34. The number of carbonyl (C=O) groups excluding carboxylic acids is 1. The van der Waals surface area contributed by atoms with Crippen LogP contribution in [0.4, 0.5) is 32.0 Å². The van der Waals surface area contributed by atoms with Crippen molar-refractivity contribution in [2.75, 3.05) is 31.6 Å². The average Bonchev–Trinajstić information content (AvgIpc) is 2.98. The molecule has 0 radical (unpaired) electrons. The van der Waals surface area contributed by atoms with Crippen LogP contribution in [0.1, 0.15) is 61.9 Å². The van der Waals surface area contributed by atoms with Gasteiger partial charge in [0.15, 0.2) is 0 Å². The summed E-state index contributed by atoms with van der Waals surface area (Å²) >= 11 is 0. The van der Waals surface area contributed by atoms with Gasteiger partial charge in [0.25, 0.3) is 11.5 Å². The molecule has 2 fully saturated rings. The molecule has 5 rings (SSSR count). The highest BCUT2D eigenvalue weighted by Crippen LogP contribution is 2.36. The second-order valence-corrected chi connectivity index (χ2v) is 12.2. The molecule has 45 heavy (non-hydrogen) atoms. The van der Waals surface area contributed by atoms with Gasteiger partial charge in [-0.2, -0.15) is 13.2 Å². The average molecular weight is 635 g/mol. The second kappa shape index (κ2) is 12.9. The predicted octanol–water partition coefficient (Wildman–Crippen LogP) is 6.78. The fraction of sp³-hybridized carbons (Fsp3) is 0.455. The van der Waals surface area contributed by atoms with Gasteiger partial charge in [0.05, 0.1) is 16.9 Å². The van der Waals surface area contributed by atoms with E-state index in [-0.39, 0.29) is 40.5 Å². The standard InChI is InChI=1S/C33H36F6N4O2/c1-19-17-42(18-20(2)41(19)3)28-15-25(34)24(14-29(28)43-10-9-23(13-30(43)44)33(37,38)39)22-11-26(35)31(27(36)12-22)32(45)40-16-21-7-5-4-6-8-21/h9-15,19-21H,4-8,16-18H2,1-3H3,(H,40,45)/t19-,20+. The molecule has 0 bridgehead atoms. The lowest BCUT2D eigenvalue weighted by atomic mass is 9.89. The Hall–Kier alpha value is -3.80. The molecule has 12 heteroatoms. The Morgan fingerprint density at radius 1 is 0.889 bits per heavy atom. The highest BCUT2D eigenvalue weighted by atomic mass is 19.4. The van der Waals surface area contributed by atoms with Crippen molar-refractivity contribution in [3.8, 4) is 16.8 Å². The Morgan fingerprint density at radius 3 is 2.09 bits per heavy atom. The summed E-state index contributed by atoms with van der Waals surface area (Å²) in [5.41, 5.74) is -3.18. The zero-order valence-corrected chi connectivity index (χ0v) is 25.4. The van der Waals surface area contributed by atoms with E-state index in [4.69, 9.17) is 0 Å². The van der Waals surface area contributed by atoms with Crippen LogP contribution in [0, 0.1) is 23.4 Å². The molecule has 1 amide bonds. The Labute approximate surface area is 257 Å². The molecular weight excluding hydrogens is 598 g/mol. The number of likely N-dealkylation sites (N-methyl/N-ethyl adjacent to an activating group) is 1. The summed E-state index contributed by atoms with van der Waals surface area (Å²) in [4.78, 5) is 29.7. The predicted molar refractivity (Wildman–Crippen MR) is 160 cm³/mol. The van der Waals surface area contributed by atoms with E-state index >= 15 is 13.2 Å². The van der Waals surface area contributed by atoms with Crippen LogP contribution in [0.15, 0.2) is 47.4 Å². The number of amides is 1. The van der Waals surface area contributed by atoms with Crippen molar-refractivity contribution in [2.45, 2.75) is 64.2 Å². The van der Waals surface area contributed by atoms with Crippen LogP contribution in [-0.4, -0.2) is 54.1 Å². The number of hydrogen-bond donors (Lipinski definition) is 1. The van der Waals surface area contributed by atoms with Crippen molar-refractivity contribution in [2.24, 2.45) is 5.92 Å². The van der Waals surface area contributed by atoms with Crippen molar-refractivity contribution in [3.05, 3.63) is 81.5 Å². The third-order valence-electron chi connectivity index (χ3n) is 9.13. The lowest BCUT2D eigenvalue weighted by Gasteiger charge is -2.44. The van der Waals surface area contributed by atoms with Crippen LogP contribution >= 0.6 is 0 Å². The van der Waals surface area contributed by atoms with Gasteiger partial charge in [-0.25, -0.2) is 13.2 Å². The molecule has 2 aromatic carbocycles. The molecule has 1 aliphatic carbocycles. The van der Waals surface area contributed by atoms with Gasteiger partial charge in [-0.05, 0) is 75.5 Å². The van der Waals surface area contributed by atoms with Crippen LogP contribution in [0.3, 0.4) is 0 Å². The minimum atomic E-state index is -4.75. The third-order valence-corrected chi connectivity index (χ3v) is 9.13. The number of piperazine rings is 1. The van der Waals surface area contributed by atoms with Crippen LogP contribution < -0.4 is 15.8 Å². The molecule has 0 spiro atoms. The molecular formula is C33H36F6N4O2. The fourth-order valence-electron chi connectivity index (χ4n) is 6.34. The number of rotatable bonds is 6. The molecule has 3 aromatic rings. The molecule has 2 atom stereocenters. The van der Waals surface area contributed by atoms with Crippen LogP contribution in [0.25, 0.3) is 16.8 Å². The molecule has 0 unspecified atom stereocenters. The van der Waals surface area contributed by atoms with E-state index in [9.17, 15) is 22.8 Å². The first-order valence-electron chi connectivity index (χ1n) is 15.1. The summed E-state index contributed by atoms with van der Waals surface area (Å²) in [7, 11) is 1.95. The van der Waals surface area contributed by atoms with Crippen molar-refractivity contribution < 1.29 is 31.1 Å². The van der Waals surface area contributed by atoms with Crippen molar-refractivity contribution in [1.29, 1.82) is 0 Å². The summed E-state index contributed by atoms with van der Waals surface area (Å²) in [6, 6.07) is 5.24. The number of nitrogens with zero attached hydrogens (tertiary/aromatic N) is 3. The first-order chi connectivity index (χ1) is 21.2. The van der Waals surface area contributed by atoms with E-state index in [2.05, 4.69) is 10.2 Å². The molecule has 1 saturated heterocycles. The SMILES string of the molecule is C[C@@H]1CN(c2cc(F)c(-c3cc(F)c(C(=O)NCC4CCCCC4)c(F)c3)cc2-n2ccc(C(F)(F)F)cc2=O)C[C@H](C)N1C. The topological polar surface area (TPSA) is 57.6 Å². The number of hydrogen-bond acceptors (Lipinski definition) is 4. The molecule has 1 N–H and O–H groups in total. The smallest absolute Gasteiger partial charge is 0.367 e. The van der Waals surface area contributed by atoms with Crippen molar-refractivity contribution >= 4 is 11.6 Å². The van der Waals surface area contributed by atoms with Crippen molar-refractivity contribution in [1.82, 2.24) is 14.8 Å². The molecule has 2 aliphatic rings. The molecule has 1 saturated carbocycles. The van der Waals surface area contributed by atoms with Gasteiger partial charge in [0.1, 0.15) is 23.0 Å². The first kappa shape index (κ1) is 32.6. The fourth-order valence-corrected chi connectivity index (χ4v) is 6.34. The number of aromatic nitrogens is 1. The number of nitrogens with one attached hydrogen (secondary N) is 1. The summed E-state index contributed by atoms with van der Waals surface area (Å²) in [6.45, 7) is 5.09. The van der Waals surface area contributed by atoms with E-state index in [1.165, 1.54) is 6.07 Å². The van der Waals surface area contributed by atoms with Gasteiger partial charge >= 0.3 is 6.18 Å². The number of anilines is 1. The van der Waals surface area contributed by atoms with E-state index in [0.717, 1.165) is 67.1 Å². The summed E-state index contributed by atoms with van der Waals surface area (Å²) in [5, 5.41) is 2.61. The maximum Gasteiger partial charge on any atom is 0.416 e. The van der Waals surface area contributed by atoms with E-state index in [0.29, 0.717) is 25.7 Å². The molecule has 6 nitrogen and oxygen atoms in total. The lowest BCUT2D eigenvalue weighted by molar-refractivity contribution is -0.137. The van der Waals surface area contributed by atoms with Crippen LogP contribution in [0.2, 0.25) is 0 Å². The minimum Gasteiger partial charge on any atom is -0.367 e. The number of pyridine rings is 1. The number of carbonyl (C=O) groups is 1. The normalized spacial score (nSPS) is 20.0. The Balaban J connectivity index is 1.56. The Bertz CT molecular complexity index is 1600. The lowest BCUT2D eigenvalue weighted by Crippen LogP contribution is -2.55. The highest BCUT2D eigenvalue weighted by Gasteiger charge is 2.33. The zero-order chi connectivity index (χ0) is 32.6. The first-order valence-corrected chi connectivity index (χ1v) is 15.1. The molecule has 2 heterocycles. The van der Waals surface area contributed by atoms with Gasteiger partial charge in [-0.1, -0.05) is 19.3 Å². The largest absolute Gasteiger partial charge is 0.416 e. The highest BCUT2D eigenvalue weighted by molar-refractivity contribution is 5.95. The zero-order valence-electron chi connectivity index (χ0n) is 25.4. The molecule has 1 aliphatic heterocycles. The minimum absolute atomic E-state index is 0.0219. The second-order valence-electron chi connectivity index (χ2n) is 12.2. The van der Waals surface area contributed by atoms with Gasteiger partial charge in [-0.3, -0.25) is 19.1 Å². The summed E-state index contributed by atoms with van der Waals surface area (Å²) in [6.07, 6.45) is 1.25. The summed E-state index contributed by atoms with van der Waals surface area (Å²) < 4.78 is 87.3. The van der Waals surface area contributed by atoms with Gasteiger partial charge < -0.3 is 10.2 Å². The Morgan fingerprint density at radius 2 is 1.51 bits per heavy atom. The molecule has 1 aromatic heterocycles. The number of halogens is 6. The van der Waals surface area contributed by atoms with Gasteiger partial charge in [-0.15, -0.1) is 0 Å². The summed E-state index contributed by atoms with van der Waals surface area (Å²) in [5.74, 6) is -3.91. The van der Waals surface area contributed by atoms with E-state index in [1.54, 1.807) is 0 Å². The van der Waals surface area contributed by atoms with E-state index in [1.807, 2.05) is 25.8 Å². The maximum absolute atomic E-state index is 15.8. The quantitative estimate of drug-likeness (QED) is 0.304. The molecule has 242 valence electrons. The van der Waals surface area contributed by atoms with Crippen LogP contribution in [0.5, 0.6) is 0 Å². The van der Waals surface area contributed by atoms with Crippen LogP contribution in [-0.2, 0) is 6.18 Å². The van der Waals surface area contributed by atoms with Crippen molar-refractivity contribution in [3.63, 3.8) is 0 Å². The van der Waals surface area contributed by atoms with E-state index < -0.39 is 46.2 Å². The maximum atomic E-state index is 15.8. The monoisotopic (exact) mass is 634 g/mol. The van der Waals surface area contributed by atoms with Gasteiger partial charge in [0, 0.05) is 49.5 Å². The number of benzene rings is 2. The van der Waals surface area contributed by atoms with Gasteiger partial charge in [0.2, 0.25) is 0 Å². The number of alkyl halides is 3. The third kappa shape index (κ3) is 6.90.